The van der Waals surface area contributed by atoms with E-state index in [1.54, 1.807) is 37.3 Å². The molecule has 27 heavy (non-hydrogen) atoms. The summed E-state index contributed by atoms with van der Waals surface area (Å²) in [6, 6.07) is 11.2. The molecule has 2 aromatic carbocycles. The number of aromatic nitrogens is 1. The summed E-state index contributed by atoms with van der Waals surface area (Å²) in [5.74, 6) is 0.579. The van der Waals surface area contributed by atoms with E-state index in [-0.39, 0.29) is 10.5 Å². The van der Waals surface area contributed by atoms with Gasteiger partial charge in [-0.1, -0.05) is 6.07 Å². The molecule has 1 amide bonds. The molecule has 1 fully saturated rings. The van der Waals surface area contributed by atoms with Gasteiger partial charge in [0.05, 0.1) is 4.90 Å². The number of anilines is 1. The van der Waals surface area contributed by atoms with Crippen LogP contribution in [-0.4, -0.2) is 25.9 Å². The van der Waals surface area contributed by atoms with Crippen molar-refractivity contribution in [3.8, 4) is 0 Å². The van der Waals surface area contributed by atoms with Gasteiger partial charge in [0.2, 0.25) is 10.0 Å². The van der Waals surface area contributed by atoms with Crippen LogP contribution in [0.2, 0.25) is 0 Å². The summed E-state index contributed by atoms with van der Waals surface area (Å²) in [5.41, 5.74) is 2.09. The molecule has 4 rings (SSSR count). The standard InChI is InChI=1S/C19H19N3O4S/c1-12-21-17-8-7-15(10-18(17)26-12)22-19(23)14-3-2-4-16(9-14)27(24,25)20-11-13-5-6-13/h2-4,7-10,13,20H,5-6,11H2,1H3,(H,22,23). The van der Waals surface area contributed by atoms with Gasteiger partial charge in [0.25, 0.3) is 5.91 Å². The van der Waals surface area contributed by atoms with Crippen molar-refractivity contribution >= 4 is 32.7 Å². The summed E-state index contributed by atoms with van der Waals surface area (Å²) in [5, 5.41) is 2.76. The van der Waals surface area contributed by atoms with E-state index in [0.717, 1.165) is 12.8 Å². The lowest BCUT2D eigenvalue weighted by atomic mass is 10.2. The number of hydrogen-bond acceptors (Lipinski definition) is 5. The van der Waals surface area contributed by atoms with Gasteiger partial charge in [-0.05, 0) is 49.1 Å². The van der Waals surface area contributed by atoms with E-state index in [2.05, 4.69) is 15.0 Å². The molecule has 0 spiro atoms. The van der Waals surface area contributed by atoms with Crippen LogP contribution in [0.25, 0.3) is 11.1 Å². The lowest BCUT2D eigenvalue weighted by molar-refractivity contribution is 0.102. The molecule has 0 radical (unpaired) electrons. The van der Waals surface area contributed by atoms with Crippen molar-refractivity contribution < 1.29 is 17.6 Å². The van der Waals surface area contributed by atoms with E-state index in [4.69, 9.17) is 4.42 Å². The molecule has 1 heterocycles. The predicted molar refractivity (Wildman–Crippen MR) is 101 cm³/mol. The summed E-state index contributed by atoms with van der Waals surface area (Å²) < 4.78 is 32.8. The number of fused-ring (bicyclic) bond motifs is 1. The normalized spacial score (nSPS) is 14.4. The number of amides is 1. The fraction of sp³-hybridized carbons (Fsp3) is 0.263. The van der Waals surface area contributed by atoms with Crippen LogP contribution in [0.3, 0.4) is 0 Å². The fourth-order valence-corrected chi connectivity index (χ4v) is 3.92. The first kappa shape index (κ1) is 17.7. The van der Waals surface area contributed by atoms with E-state index in [0.29, 0.717) is 35.1 Å². The largest absolute Gasteiger partial charge is 0.441 e. The zero-order valence-electron chi connectivity index (χ0n) is 14.7. The van der Waals surface area contributed by atoms with Crippen molar-refractivity contribution in [1.82, 2.24) is 9.71 Å². The Morgan fingerprint density at radius 1 is 1.22 bits per heavy atom. The molecule has 140 valence electrons. The average Bonchev–Trinajstić information content (AvgIpc) is 3.40. The lowest BCUT2D eigenvalue weighted by Crippen LogP contribution is -2.26. The van der Waals surface area contributed by atoms with Gasteiger partial charge in [0, 0.05) is 30.8 Å². The van der Waals surface area contributed by atoms with Gasteiger partial charge in [0.1, 0.15) is 5.52 Å². The van der Waals surface area contributed by atoms with Gasteiger partial charge < -0.3 is 9.73 Å². The number of aryl methyl sites for hydroxylation is 1. The fourth-order valence-electron chi connectivity index (χ4n) is 2.76. The van der Waals surface area contributed by atoms with Crippen molar-refractivity contribution in [2.45, 2.75) is 24.7 Å². The minimum absolute atomic E-state index is 0.0807. The lowest BCUT2D eigenvalue weighted by Gasteiger charge is -2.09. The van der Waals surface area contributed by atoms with Gasteiger partial charge in [0.15, 0.2) is 11.5 Å². The smallest absolute Gasteiger partial charge is 0.255 e. The highest BCUT2D eigenvalue weighted by Crippen LogP contribution is 2.28. The monoisotopic (exact) mass is 385 g/mol. The van der Waals surface area contributed by atoms with Gasteiger partial charge >= 0.3 is 0 Å². The van der Waals surface area contributed by atoms with Crippen LogP contribution >= 0.6 is 0 Å². The quantitative estimate of drug-likeness (QED) is 0.679. The Balaban J connectivity index is 1.52. The second-order valence-corrected chi connectivity index (χ2v) is 8.46. The predicted octanol–water partition coefficient (Wildman–Crippen LogP) is 3.08. The minimum atomic E-state index is -3.62. The van der Waals surface area contributed by atoms with Crippen molar-refractivity contribution in [2.24, 2.45) is 5.92 Å². The van der Waals surface area contributed by atoms with Crippen LogP contribution in [0, 0.1) is 12.8 Å². The van der Waals surface area contributed by atoms with Crippen molar-refractivity contribution in [2.75, 3.05) is 11.9 Å². The van der Waals surface area contributed by atoms with E-state index in [1.165, 1.54) is 12.1 Å². The number of nitrogens with one attached hydrogen (secondary N) is 2. The molecular weight excluding hydrogens is 366 g/mol. The Bertz CT molecular complexity index is 1120. The summed E-state index contributed by atoms with van der Waals surface area (Å²) in [7, 11) is -3.62. The second kappa shape index (κ2) is 6.79. The third-order valence-electron chi connectivity index (χ3n) is 4.42. The molecule has 0 aliphatic heterocycles. The number of rotatable bonds is 6. The molecule has 1 saturated carbocycles. The molecule has 0 bridgehead atoms. The van der Waals surface area contributed by atoms with Crippen molar-refractivity contribution in [3.05, 3.63) is 53.9 Å². The Labute approximate surface area is 156 Å². The van der Waals surface area contributed by atoms with Gasteiger partial charge in [-0.3, -0.25) is 4.79 Å². The van der Waals surface area contributed by atoms with E-state index in [1.807, 2.05) is 0 Å². The number of nitrogens with zero attached hydrogens (tertiary/aromatic N) is 1. The summed E-state index contributed by atoms with van der Waals surface area (Å²) in [4.78, 5) is 16.8. The first-order valence-electron chi connectivity index (χ1n) is 8.69. The van der Waals surface area contributed by atoms with Gasteiger partial charge in [-0.25, -0.2) is 18.1 Å². The molecule has 0 unspecified atom stereocenters. The van der Waals surface area contributed by atoms with Crippen LogP contribution in [0.5, 0.6) is 0 Å². The Kier molecular flexibility index (Phi) is 4.45. The SMILES string of the molecule is Cc1nc2ccc(NC(=O)c3cccc(S(=O)(=O)NCC4CC4)c3)cc2o1. The molecule has 0 atom stereocenters. The van der Waals surface area contributed by atoms with Crippen molar-refractivity contribution in [3.63, 3.8) is 0 Å². The molecule has 2 N–H and O–H groups in total. The van der Waals surface area contributed by atoms with Crippen LogP contribution in [0.1, 0.15) is 29.1 Å². The van der Waals surface area contributed by atoms with Gasteiger partial charge in [-0.2, -0.15) is 0 Å². The third-order valence-corrected chi connectivity index (χ3v) is 5.84. The second-order valence-electron chi connectivity index (χ2n) is 6.69. The maximum absolute atomic E-state index is 12.5. The molecule has 1 aromatic heterocycles. The Morgan fingerprint density at radius 2 is 2.04 bits per heavy atom. The van der Waals surface area contributed by atoms with Crippen LogP contribution in [0.15, 0.2) is 51.8 Å². The van der Waals surface area contributed by atoms with E-state index < -0.39 is 15.9 Å². The van der Waals surface area contributed by atoms with E-state index >= 15 is 0 Å². The molecule has 1 aliphatic rings. The summed E-state index contributed by atoms with van der Waals surface area (Å²) >= 11 is 0. The first-order chi connectivity index (χ1) is 12.9. The zero-order valence-corrected chi connectivity index (χ0v) is 15.5. The maximum Gasteiger partial charge on any atom is 0.255 e. The number of benzene rings is 2. The Morgan fingerprint density at radius 3 is 2.81 bits per heavy atom. The average molecular weight is 385 g/mol. The number of carbonyl (C=O) groups excluding carboxylic acids is 1. The van der Waals surface area contributed by atoms with Crippen molar-refractivity contribution in [1.29, 1.82) is 0 Å². The van der Waals surface area contributed by atoms with E-state index in [9.17, 15) is 13.2 Å². The molecule has 3 aromatic rings. The topological polar surface area (TPSA) is 101 Å². The number of oxazole rings is 1. The molecule has 7 nitrogen and oxygen atoms in total. The number of hydrogen-bond donors (Lipinski definition) is 2. The third kappa shape index (κ3) is 4.01. The van der Waals surface area contributed by atoms with Crippen LogP contribution in [-0.2, 0) is 10.0 Å². The van der Waals surface area contributed by atoms with Gasteiger partial charge in [-0.15, -0.1) is 0 Å². The molecule has 8 heteroatoms. The molecular formula is C19H19N3O4S. The summed E-state index contributed by atoms with van der Waals surface area (Å²) in [6.07, 6.45) is 2.11. The first-order valence-corrected chi connectivity index (χ1v) is 10.2. The Hall–Kier alpha value is -2.71. The highest BCUT2D eigenvalue weighted by Gasteiger charge is 2.24. The number of carbonyl (C=O) groups is 1. The minimum Gasteiger partial charge on any atom is -0.441 e. The maximum atomic E-state index is 12.5. The molecule has 0 saturated heterocycles. The van der Waals surface area contributed by atoms with Crippen LogP contribution < -0.4 is 10.0 Å². The highest BCUT2D eigenvalue weighted by molar-refractivity contribution is 7.89. The highest BCUT2D eigenvalue weighted by atomic mass is 32.2. The zero-order chi connectivity index (χ0) is 19.0. The molecule has 1 aliphatic carbocycles. The summed E-state index contributed by atoms with van der Waals surface area (Å²) in [6.45, 7) is 2.19. The van der Waals surface area contributed by atoms with Crippen LogP contribution in [0.4, 0.5) is 5.69 Å². The number of sulfonamides is 1.